The number of nitrogens with zero attached hydrogens (tertiary/aromatic N) is 3. The van der Waals surface area contributed by atoms with Crippen molar-refractivity contribution in [1.82, 2.24) is 4.98 Å². The van der Waals surface area contributed by atoms with Crippen LogP contribution in [0.3, 0.4) is 0 Å². The highest BCUT2D eigenvalue weighted by Crippen LogP contribution is 2.41. The maximum Gasteiger partial charge on any atom is 0.265 e. The number of amides is 4. The molecular weight excluding hydrogens is 554 g/mol. The molecule has 3 aliphatic rings. The van der Waals surface area contributed by atoms with E-state index in [0.717, 1.165) is 17.7 Å². The summed E-state index contributed by atoms with van der Waals surface area (Å²) >= 11 is 0. The van der Waals surface area contributed by atoms with E-state index in [2.05, 4.69) is 4.98 Å². The van der Waals surface area contributed by atoms with E-state index in [9.17, 15) is 19.2 Å². The van der Waals surface area contributed by atoms with Crippen LogP contribution in [-0.4, -0.2) is 28.6 Å². The second kappa shape index (κ2) is 9.98. The molecule has 0 spiro atoms. The highest BCUT2D eigenvalue weighted by atomic mass is 16.5. The first-order valence-corrected chi connectivity index (χ1v) is 14.7. The Morgan fingerprint density at radius 1 is 0.591 bits per heavy atom. The molecular formula is C36H25N3O5. The van der Waals surface area contributed by atoms with E-state index in [1.54, 1.807) is 72.9 Å². The van der Waals surface area contributed by atoms with Crippen LogP contribution in [0.15, 0.2) is 97.2 Å². The van der Waals surface area contributed by atoms with Crippen LogP contribution in [0.2, 0.25) is 0 Å². The van der Waals surface area contributed by atoms with E-state index in [1.165, 1.54) is 23.3 Å². The third-order valence-corrected chi connectivity index (χ3v) is 8.81. The Hall–Kier alpha value is -5.63. The predicted octanol–water partition coefficient (Wildman–Crippen LogP) is 7.29. The molecule has 1 aromatic heterocycles. The Bertz CT molecular complexity index is 1960. The topological polar surface area (TPSA) is 96.9 Å². The number of imide groups is 2. The zero-order valence-corrected chi connectivity index (χ0v) is 23.5. The first kappa shape index (κ1) is 26.0. The van der Waals surface area contributed by atoms with E-state index in [-0.39, 0.29) is 22.3 Å². The summed E-state index contributed by atoms with van der Waals surface area (Å²) in [6, 6.07) is 25.9. The summed E-state index contributed by atoms with van der Waals surface area (Å²) in [5.41, 5.74) is 3.08. The number of hydrogen-bond acceptors (Lipinski definition) is 6. The molecule has 1 fully saturated rings. The van der Waals surface area contributed by atoms with E-state index >= 15 is 0 Å². The minimum atomic E-state index is -0.550. The van der Waals surface area contributed by atoms with Crippen LogP contribution >= 0.6 is 0 Å². The van der Waals surface area contributed by atoms with Gasteiger partial charge in [-0.2, -0.15) is 0 Å². The normalized spacial score (nSPS) is 16.3. The van der Waals surface area contributed by atoms with Crippen LogP contribution in [0.4, 0.5) is 11.4 Å². The summed E-state index contributed by atoms with van der Waals surface area (Å²) in [4.78, 5) is 61.8. The van der Waals surface area contributed by atoms with Crippen molar-refractivity contribution in [3.63, 3.8) is 0 Å². The van der Waals surface area contributed by atoms with Gasteiger partial charge in [-0.15, -0.1) is 0 Å². The highest BCUT2D eigenvalue weighted by Gasteiger charge is 2.40. The van der Waals surface area contributed by atoms with Crippen molar-refractivity contribution in [3.8, 4) is 11.6 Å². The molecule has 4 aromatic carbocycles. The largest absolute Gasteiger partial charge is 0.439 e. The number of carbonyl (C=O) groups is 4. The summed E-state index contributed by atoms with van der Waals surface area (Å²) in [5.74, 6) is -0.775. The second-order valence-corrected chi connectivity index (χ2v) is 11.3. The molecule has 214 valence electrons. The lowest BCUT2D eigenvalue weighted by atomic mass is 9.85. The van der Waals surface area contributed by atoms with Gasteiger partial charge >= 0.3 is 0 Å². The Kier molecular flexibility index (Phi) is 5.91. The molecule has 8 nitrogen and oxygen atoms in total. The minimum absolute atomic E-state index is 0.242. The van der Waals surface area contributed by atoms with Crippen molar-refractivity contribution in [2.75, 3.05) is 9.80 Å². The van der Waals surface area contributed by atoms with Crippen LogP contribution in [0, 0.1) is 0 Å². The molecule has 3 heterocycles. The lowest BCUT2D eigenvalue weighted by Gasteiger charge is -2.32. The molecule has 0 saturated heterocycles. The number of benzene rings is 4. The average molecular weight is 580 g/mol. The average Bonchev–Trinajstić information content (AvgIpc) is 3.59. The van der Waals surface area contributed by atoms with E-state index in [4.69, 9.17) is 4.74 Å². The third-order valence-electron chi connectivity index (χ3n) is 8.81. The molecule has 8 heteroatoms. The van der Waals surface area contributed by atoms with Gasteiger partial charge in [0.25, 0.3) is 23.6 Å². The Morgan fingerprint density at radius 3 is 1.70 bits per heavy atom. The summed E-state index contributed by atoms with van der Waals surface area (Å²) < 4.78 is 5.82. The number of ether oxygens (including phenoxy) is 1. The van der Waals surface area contributed by atoms with Crippen LogP contribution in [-0.2, 0) is 0 Å². The van der Waals surface area contributed by atoms with Crippen molar-refractivity contribution in [3.05, 3.63) is 125 Å². The van der Waals surface area contributed by atoms with Crippen LogP contribution in [0.1, 0.15) is 78.6 Å². The highest BCUT2D eigenvalue weighted by molar-refractivity contribution is 6.42. The van der Waals surface area contributed by atoms with Gasteiger partial charge < -0.3 is 4.74 Å². The fraction of sp³-hybridized carbons (Fsp3) is 0.139. The van der Waals surface area contributed by atoms with Crippen molar-refractivity contribution in [2.24, 2.45) is 0 Å². The molecule has 1 saturated carbocycles. The monoisotopic (exact) mass is 579 g/mol. The number of rotatable bonds is 5. The van der Waals surface area contributed by atoms with E-state index in [1.807, 2.05) is 24.3 Å². The fourth-order valence-electron chi connectivity index (χ4n) is 6.71. The molecule has 4 amide bonds. The van der Waals surface area contributed by atoms with Crippen LogP contribution in [0.5, 0.6) is 11.6 Å². The summed E-state index contributed by atoms with van der Waals surface area (Å²) in [6.07, 6.45) is 6.35. The molecule has 44 heavy (non-hydrogen) atoms. The SMILES string of the molecule is O=C1c2ccc3c4c(ccc(c24)C(=O)N1c1ccc(C2CCCC2)cc1)C(=O)N(c1cccc(Oc2ccccn2)c1)C3=O. The molecule has 0 bridgehead atoms. The summed E-state index contributed by atoms with van der Waals surface area (Å²) in [5, 5.41) is 0.660. The number of carbonyl (C=O) groups excluding carboxylic acids is 4. The van der Waals surface area contributed by atoms with Crippen molar-refractivity contribution in [2.45, 2.75) is 31.6 Å². The quantitative estimate of drug-likeness (QED) is 0.203. The molecule has 0 unspecified atom stereocenters. The Morgan fingerprint density at radius 2 is 1.16 bits per heavy atom. The lowest BCUT2D eigenvalue weighted by Crippen LogP contribution is -2.43. The lowest BCUT2D eigenvalue weighted by molar-refractivity contribution is 0.0873. The maximum atomic E-state index is 13.9. The third kappa shape index (κ3) is 3.95. The fourth-order valence-corrected chi connectivity index (χ4v) is 6.71. The molecule has 0 atom stereocenters. The molecule has 8 rings (SSSR count). The van der Waals surface area contributed by atoms with Gasteiger partial charge in [-0.3, -0.25) is 19.2 Å². The molecule has 5 aromatic rings. The minimum Gasteiger partial charge on any atom is -0.439 e. The molecule has 1 aliphatic carbocycles. The summed E-state index contributed by atoms with van der Waals surface area (Å²) in [6.45, 7) is 0. The molecule has 0 radical (unpaired) electrons. The predicted molar refractivity (Wildman–Crippen MR) is 165 cm³/mol. The van der Waals surface area contributed by atoms with Crippen molar-refractivity contribution < 1.29 is 23.9 Å². The van der Waals surface area contributed by atoms with Crippen molar-refractivity contribution >= 4 is 45.8 Å². The standard InChI is InChI=1S/C36H25N3O5/c40-33-26-15-17-28-32-29(36(43)39(35(28)42)24-8-5-9-25(20-24)44-30-10-3-4-19-37-30)18-16-27(31(26)32)34(41)38(33)23-13-11-22(12-14-23)21-6-1-2-7-21/h3-5,8-21H,1-2,6-7H2. The van der Waals surface area contributed by atoms with Gasteiger partial charge in [0, 0.05) is 51.4 Å². The van der Waals surface area contributed by atoms with Gasteiger partial charge in [0.2, 0.25) is 5.88 Å². The first-order chi connectivity index (χ1) is 21.5. The number of hydrogen-bond donors (Lipinski definition) is 0. The van der Waals surface area contributed by atoms with Gasteiger partial charge in [0.05, 0.1) is 11.4 Å². The Labute approximate surface area is 252 Å². The van der Waals surface area contributed by atoms with Gasteiger partial charge in [0.1, 0.15) is 5.75 Å². The molecule has 0 N–H and O–H groups in total. The van der Waals surface area contributed by atoms with E-state index in [0.29, 0.717) is 39.7 Å². The summed E-state index contributed by atoms with van der Waals surface area (Å²) in [7, 11) is 0. The number of anilines is 2. The smallest absolute Gasteiger partial charge is 0.265 e. The molecule has 2 aliphatic heterocycles. The van der Waals surface area contributed by atoms with Gasteiger partial charge in [0.15, 0.2) is 0 Å². The van der Waals surface area contributed by atoms with Gasteiger partial charge in [-0.1, -0.05) is 37.1 Å². The van der Waals surface area contributed by atoms with Gasteiger partial charge in [-0.05, 0) is 78.9 Å². The van der Waals surface area contributed by atoms with Crippen LogP contribution in [0.25, 0.3) is 10.8 Å². The zero-order valence-electron chi connectivity index (χ0n) is 23.5. The zero-order chi connectivity index (χ0) is 29.9. The first-order valence-electron chi connectivity index (χ1n) is 14.7. The van der Waals surface area contributed by atoms with Gasteiger partial charge in [-0.25, -0.2) is 14.8 Å². The van der Waals surface area contributed by atoms with Crippen molar-refractivity contribution in [1.29, 1.82) is 0 Å². The van der Waals surface area contributed by atoms with E-state index < -0.39 is 23.6 Å². The van der Waals surface area contributed by atoms with Crippen LogP contribution < -0.4 is 14.5 Å². The second-order valence-electron chi connectivity index (χ2n) is 11.3. The number of aromatic nitrogens is 1. The maximum absolute atomic E-state index is 13.9. The Balaban J connectivity index is 1.16. The number of pyridine rings is 1.